The summed E-state index contributed by atoms with van der Waals surface area (Å²) in [5.74, 6) is -0.0696. The predicted octanol–water partition coefficient (Wildman–Crippen LogP) is 2.05. The summed E-state index contributed by atoms with van der Waals surface area (Å²) >= 11 is 0. The summed E-state index contributed by atoms with van der Waals surface area (Å²) in [6.07, 6.45) is -1.52. The smallest absolute Gasteiger partial charge is 0.296 e. The Balaban J connectivity index is 2.03. The van der Waals surface area contributed by atoms with Crippen LogP contribution in [0.1, 0.15) is 0 Å². The number of ether oxygens (including phenoxy) is 1. The first-order chi connectivity index (χ1) is 9.18. The van der Waals surface area contributed by atoms with Crippen molar-refractivity contribution < 1.29 is 14.6 Å². The molecule has 2 rings (SSSR count). The van der Waals surface area contributed by atoms with Gasteiger partial charge in [0, 0.05) is 12.7 Å². The van der Waals surface area contributed by atoms with Crippen molar-refractivity contribution in [2.75, 3.05) is 11.9 Å². The Morgan fingerprint density at radius 2 is 1.58 bits per heavy atom. The van der Waals surface area contributed by atoms with E-state index in [0.717, 1.165) is 0 Å². The molecule has 98 valence electrons. The van der Waals surface area contributed by atoms with Crippen LogP contribution in [0.2, 0.25) is 0 Å². The lowest BCUT2D eigenvalue weighted by molar-refractivity contribution is -0.140. The number of aliphatic hydroxyl groups is 1. The van der Waals surface area contributed by atoms with Gasteiger partial charge >= 0.3 is 0 Å². The first-order valence-corrected chi connectivity index (χ1v) is 5.91. The second kappa shape index (κ2) is 6.02. The SMILES string of the molecule is CN(C(=O)C(O)Oc1ccccc1)c1ccccc1. The first-order valence-electron chi connectivity index (χ1n) is 5.91. The van der Waals surface area contributed by atoms with Crippen LogP contribution < -0.4 is 9.64 Å². The molecule has 0 spiro atoms. The summed E-state index contributed by atoms with van der Waals surface area (Å²) in [7, 11) is 1.59. The molecule has 0 radical (unpaired) electrons. The number of likely N-dealkylation sites (N-methyl/N-ethyl adjacent to an activating group) is 1. The van der Waals surface area contributed by atoms with E-state index in [4.69, 9.17) is 4.74 Å². The highest BCUT2D eigenvalue weighted by molar-refractivity contribution is 5.95. The standard InChI is InChI=1S/C15H15NO3/c1-16(12-8-4-2-5-9-12)14(17)15(18)19-13-10-6-3-7-11-13/h2-11,15,18H,1H3. The number of rotatable bonds is 4. The maximum Gasteiger partial charge on any atom is 0.296 e. The Labute approximate surface area is 111 Å². The summed E-state index contributed by atoms with van der Waals surface area (Å²) in [5.41, 5.74) is 0.697. The monoisotopic (exact) mass is 257 g/mol. The van der Waals surface area contributed by atoms with Crippen LogP contribution >= 0.6 is 0 Å². The highest BCUT2D eigenvalue weighted by atomic mass is 16.6. The fourth-order valence-corrected chi connectivity index (χ4v) is 1.62. The van der Waals surface area contributed by atoms with Crippen molar-refractivity contribution >= 4 is 11.6 Å². The van der Waals surface area contributed by atoms with Gasteiger partial charge in [-0.15, -0.1) is 0 Å². The molecule has 1 N–H and O–H groups in total. The molecule has 4 heteroatoms. The average Bonchev–Trinajstić information content (AvgIpc) is 2.47. The molecule has 0 fully saturated rings. The van der Waals surface area contributed by atoms with Gasteiger partial charge in [0.2, 0.25) is 0 Å². The zero-order valence-electron chi connectivity index (χ0n) is 10.6. The molecule has 0 aliphatic carbocycles. The largest absolute Gasteiger partial charge is 0.455 e. The number of amides is 1. The summed E-state index contributed by atoms with van der Waals surface area (Å²) in [6.45, 7) is 0. The van der Waals surface area contributed by atoms with E-state index < -0.39 is 12.2 Å². The molecule has 1 amide bonds. The van der Waals surface area contributed by atoms with Crippen LogP contribution in [-0.4, -0.2) is 24.4 Å². The van der Waals surface area contributed by atoms with Crippen LogP contribution in [0.15, 0.2) is 60.7 Å². The molecule has 0 saturated carbocycles. The van der Waals surface area contributed by atoms with Gasteiger partial charge in [-0.05, 0) is 24.3 Å². The number of para-hydroxylation sites is 2. The van der Waals surface area contributed by atoms with Crippen LogP contribution in [0.3, 0.4) is 0 Å². The Morgan fingerprint density at radius 3 is 2.16 bits per heavy atom. The van der Waals surface area contributed by atoms with Crippen LogP contribution in [0.25, 0.3) is 0 Å². The van der Waals surface area contributed by atoms with Crippen LogP contribution in [-0.2, 0) is 4.79 Å². The van der Waals surface area contributed by atoms with E-state index in [1.165, 1.54) is 4.90 Å². The topological polar surface area (TPSA) is 49.8 Å². The Kier molecular flexibility index (Phi) is 4.15. The third-order valence-electron chi connectivity index (χ3n) is 2.68. The number of hydrogen-bond donors (Lipinski definition) is 1. The molecule has 0 saturated heterocycles. The molecule has 2 aromatic carbocycles. The van der Waals surface area contributed by atoms with Gasteiger partial charge in [-0.25, -0.2) is 0 Å². The van der Waals surface area contributed by atoms with E-state index in [0.29, 0.717) is 11.4 Å². The lowest BCUT2D eigenvalue weighted by Gasteiger charge is -2.21. The van der Waals surface area contributed by atoms with Crippen molar-refractivity contribution in [3.05, 3.63) is 60.7 Å². The third-order valence-corrected chi connectivity index (χ3v) is 2.68. The number of hydrogen-bond acceptors (Lipinski definition) is 3. The minimum atomic E-state index is -1.52. The number of carbonyl (C=O) groups is 1. The van der Waals surface area contributed by atoms with Crippen molar-refractivity contribution in [1.29, 1.82) is 0 Å². The maximum atomic E-state index is 12.0. The molecule has 0 aromatic heterocycles. The summed E-state index contributed by atoms with van der Waals surface area (Å²) < 4.78 is 5.18. The van der Waals surface area contributed by atoms with Gasteiger partial charge < -0.3 is 14.7 Å². The zero-order chi connectivity index (χ0) is 13.7. The number of carbonyl (C=O) groups excluding carboxylic acids is 1. The van der Waals surface area contributed by atoms with Crippen LogP contribution in [0.4, 0.5) is 5.69 Å². The molecule has 4 nitrogen and oxygen atoms in total. The predicted molar refractivity (Wildman–Crippen MR) is 72.9 cm³/mol. The van der Waals surface area contributed by atoms with Gasteiger partial charge in [-0.3, -0.25) is 4.79 Å². The van der Waals surface area contributed by atoms with Crippen LogP contribution in [0.5, 0.6) is 5.75 Å². The molecule has 2 aromatic rings. The summed E-state index contributed by atoms with van der Waals surface area (Å²) in [6, 6.07) is 17.8. The number of benzene rings is 2. The van der Waals surface area contributed by atoms with Gasteiger partial charge in [0.15, 0.2) is 0 Å². The van der Waals surface area contributed by atoms with Gasteiger partial charge in [-0.1, -0.05) is 36.4 Å². The molecule has 0 heterocycles. The number of anilines is 1. The minimum Gasteiger partial charge on any atom is -0.455 e. The van der Waals surface area contributed by atoms with Gasteiger partial charge in [0.05, 0.1) is 0 Å². The van der Waals surface area contributed by atoms with E-state index in [9.17, 15) is 9.90 Å². The molecule has 1 unspecified atom stereocenters. The van der Waals surface area contributed by atoms with Crippen molar-refractivity contribution in [3.63, 3.8) is 0 Å². The van der Waals surface area contributed by atoms with Crippen molar-refractivity contribution in [2.45, 2.75) is 6.29 Å². The molecule has 0 aliphatic rings. The highest BCUT2D eigenvalue weighted by Gasteiger charge is 2.22. The quantitative estimate of drug-likeness (QED) is 0.853. The molecule has 0 aliphatic heterocycles. The number of nitrogens with zero attached hydrogens (tertiary/aromatic N) is 1. The van der Waals surface area contributed by atoms with E-state index in [1.54, 1.807) is 43.4 Å². The zero-order valence-corrected chi connectivity index (χ0v) is 10.6. The van der Waals surface area contributed by atoms with E-state index >= 15 is 0 Å². The third kappa shape index (κ3) is 3.33. The molecular weight excluding hydrogens is 242 g/mol. The minimum absolute atomic E-state index is 0.449. The number of aliphatic hydroxyl groups excluding tert-OH is 1. The molecule has 19 heavy (non-hydrogen) atoms. The van der Waals surface area contributed by atoms with Gasteiger partial charge in [0.25, 0.3) is 12.2 Å². The lowest BCUT2D eigenvalue weighted by Crippen LogP contribution is -2.39. The van der Waals surface area contributed by atoms with Gasteiger partial charge in [-0.2, -0.15) is 0 Å². The average molecular weight is 257 g/mol. The molecule has 1 atom stereocenters. The Bertz CT molecular complexity index is 528. The fraction of sp³-hybridized carbons (Fsp3) is 0.133. The van der Waals surface area contributed by atoms with Crippen LogP contribution in [0, 0.1) is 0 Å². The van der Waals surface area contributed by atoms with Gasteiger partial charge in [0.1, 0.15) is 5.75 Å². The lowest BCUT2D eigenvalue weighted by atomic mass is 10.3. The highest BCUT2D eigenvalue weighted by Crippen LogP contribution is 2.15. The van der Waals surface area contributed by atoms with Crippen molar-refractivity contribution in [2.24, 2.45) is 0 Å². The van der Waals surface area contributed by atoms with E-state index in [2.05, 4.69) is 0 Å². The van der Waals surface area contributed by atoms with E-state index in [1.807, 2.05) is 24.3 Å². The Hall–Kier alpha value is -2.33. The van der Waals surface area contributed by atoms with Crippen molar-refractivity contribution in [3.8, 4) is 5.75 Å². The van der Waals surface area contributed by atoms with E-state index in [-0.39, 0.29) is 0 Å². The summed E-state index contributed by atoms with van der Waals surface area (Å²) in [4.78, 5) is 13.4. The summed E-state index contributed by atoms with van der Waals surface area (Å²) in [5, 5.41) is 9.79. The Morgan fingerprint density at radius 1 is 1.05 bits per heavy atom. The maximum absolute atomic E-state index is 12.0. The normalized spacial score (nSPS) is 11.7. The second-order valence-corrected chi connectivity index (χ2v) is 4.02. The first kappa shape index (κ1) is 13.1. The fourth-order valence-electron chi connectivity index (χ4n) is 1.62. The molecular formula is C15H15NO3. The molecule has 0 bridgehead atoms. The van der Waals surface area contributed by atoms with Crippen molar-refractivity contribution in [1.82, 2.24) is 0 Å². The second-order valence-electron chi connectivity index (χ2n) is 4.02.